The van der Waals surface area contributed by atoms with Crippen LogP contribution in [0.4, 0.5) is 0 Å². The van der Waals surface area contributed by atoms with E-state index >= 15 is 0 Å². The van der Waals surface area contributed by atoms with Crippen LogP contribution in [0, 0.1) is 0 Å². The molecule has 2 saturated carbocycles. The molecule has 0 heterocycles. The minimum atomic E-state index is 0.504. The van der Waals surface area contributed by atoms with E-state index in [1.807, 2.05) is 0 Å². The highest BCUT2D eigenvalue weighted by Gasteiger charge is 2.29. The molecule has 76 valence electrons. The number of hydrogen-bond acceptors (Lipinski definition) is 2. The normalized spacial score (nSPS) is 35.8. The third-order valence-electron chi connectivity index (χ3n) is 3.49. The lowest BCUT2D eigenvalue weighted by Crippen LogP contribution is -2.44. The number of likely N-dealkylation sites (N-methyl/N-ethyl adjacent to an activating group) is 1. The highest BCUT2D eigenvalue weighted by atomic mass is 16.5. The van der Waals surface area contributed by atoms with Crippen molar-refractivity contribution in [2.24, 2.45) is 0 Å². The van der Waals surface area contributed by atoms with Gasteiger partial charge in [-0.25, -0.2) is 0 Å². The molecule has 2 aliphatic rings. The Balaban J connectivity index is 1.79. The molecule has 13 heavy (non-hydrogen) atoms. The van der Waals surface area contributed by atoms with Gasteiger partial charge in [0.05, 0.1) is 12.2 Å². The predicted molar refractivity (Wildman–Crippen MR) is 53.8 cm³/mol. The lowest BCUT2D eigenvalue weighted by molar-refractivity contribution is -0.0769. The molecule has 0 saturated heterocycles. The SMILES string of the molecule is CNC1CCCCC1OC1CCC1. The van der Waals surface area contributed by atoms with Crippen molar-refractivity contribution < 1.29 is 4.74 Å². The summed E-state index contributed by atoms with van der Waals surface area (Å²) in [6.07, 6.45) is 10.4. The molecule has 2 aliphatic carbocycles. The molecule has 2 rings (SSSR count). The van der Waals surface area contributed by atoms with Gasteiger partial charge in [0.2, 0.25) is 0 Å². The minimum absolute atomic E-state index is 0.504. The van der Waals surface area contributed by atoms with Gasteiger partial charge in [-0.2, -0.15) is 0 Å². The van der Waals surface area contributed by atoms with Crippen LogP contribution in [0.15, 0.2) is 0 Å². The summed E-state index contributed by atoms with van der Waals surface area (Å²) in [5, 5.41) is 3.38. The first-order chi connectivity index (χ1) is 6.40. The topological polar surface area (TPSA) is 21.3 Å². The zero-order valence-electron chi connectivity index (χ0n) is 8.59. The molecule has 2 atom stereocenters. The maximum absolute atomic E-state index is 6.07. The molecular weight excluding hydrogens is 162 g/mol. The Labute approximate surface area is 81.0 Å². The summed E-state index contributed by atoms with van der Waals surface area (Å²) in [6, 6.07) is 0.620. The summed E-state index contributed by atoms with van der Waals surface area (Å²) in [6.45, 7) is 0. The molecule has 0 spiro atoms. The van der Waals surface area contributed by atoms with E-state index in [9.17, 15) is 0 Å². The second-order valence-corrected chi connectivity index (χ2v) is 4.41. The van der Waals surface area contributed by atoms with Crippen molar-refractivity contribution in [1.82, 2.24) is 5.32 Å². The highest BCUT2D eigenvalue weighted by molar-refractivity contribution is 4.83. The summed E-state index contributed by atoms with van der Waals surface area (Å²) in [5.41, 5.74) is 0. The molecule has 0 bridgehead atoms. The average molecular weight is 183 g/mol. The third-order valence-corrected chi connectivity index (χ3v) is 3.49. The Kier molecular flexibility index (Phi) is 3.23. The molecule has 0 radical (unpaired) electrons. The van der Waals surface area contributed by atoms with Crippen molar-refractivity contribution in [2.45, 2.75) is 63.2 Å². The van der Waals surface area contributed by atoms with E-state index in [2.05, 4.69) is 12.4 Å². The van der Waals surface area contributed by atoms with Crippen molar-refractivity contribution in [3.05, 3.63) is 0 Å². The van der Waals surface area contributed by atoms with Crippen molar-refractivity contribution in [2.75, 3.05) is 7.05 Å². The Morgan fingerprint density at radius 3 is 2.38 bits per heavy atom. The van der Waals surface area contributed by atoms with Gasteiger partial charge in [0, 0.05) is 6.04 Å². The molecule has 2 fully saturated rings. The largest absolute Gasteiger partial charge is 0.373 e. The molecule has 0 aromatic carbocycles. The first kappa shape index (κ1) is 9.47. The van der Waals surface area contributed by atoms with Crippen molar-refractivity contribution >= 4 is 0 Å². The fourth-order valence-corrected chi connectivity index (χ4v) is 2.34. The van der Waals surface area contributed by atoms with Crippen molar-refractivity contribution in [3.63, 3.8) is 0 Å². The maximum atomic E-state index is 6.07. The number of ether oxygens (including phenoxy) is 1. The van der Waals surface area contributed by atoms with E-state index in [1.165, 1.54) is 44.9 Å². The van der Waals surface area contributed by atoms with Crippen LogP contribution in [0.5, 0.6) is 0 Å². The quantitative estimate of drug-likeness (QED) is 0.723. The van der Waals surface area contributed by atoms with Gasteiger partial charge in [-0.3, -0.25) is 0 Å². The van der Waals surface area contributed by atoms with Gasteiger partial charge in [0.15, 0.2) is 0 Å². The summed E-state index contributed by atoms with van der Waals surface area (Å²) >= 11 is 0. The molecule has 2 heteroatoms. The van der Waals surface area contributed by atoms with E-state index < -0.39 is 0 Å². The molecular formula is C11H21NO. The van der Waals surface area contributed by atoms with E-state index in [0.29, 0.717) is 18.2 Å². The van der Waals surface area contributed by atoms with Gasteiger partial charge in [-0.05, 0) is 39.2 Å². The van der Waals surface area contributed by atoms with Crippen LogP contribution in [0.1, 0.15) is 44.9 Å². The molecule has 0 aliphatic heterocycles. The Morgan fingerprint density at radius 1 is 1.00 bits per heavy atom. The molecule has 0 aromatic heterocycles. The zero-order valence-corrected chi connectivity index (χ0v) is 8.59. The fraction of sp³-hybridized carbons (Fsp3) is 1.00. The second kappa shape index (κ2) is 4.43. The summed E-state index contributed by atoms with van der Waals surface area (Å²) in [4.78, 5) is 0. The standard InChI is InChI=1S/C11H21NO/c1-12-10-7-2-3-8-11(10)13-9-5-4-6-9/h9-12H,2-8H2,1H3. The van der Waals surface area contributed by atoms with Gasteiger partial charge in [0.25, 0.3) is 0 Å². The van der Waals surface area contributed by atoms with Crippen LogP contribution in [-0.4, -0.2) is 25.3 Å². The molecule has 0 amide bonds. The number of rotatable bonds is 3. The summed E-state index contributed by atoms with van der Waals surface area (Å²) in [7, 11) is 2.06. The molecule has 2 unspecified atom stereocenters. The average Bonchev–Trinajstić information content (AvgIpc) is 2.12. The number of nitrogens with one attached hydrogen (secondary N) is 1. The van der Waals surface area contributed by atoms with Gasteiger partial charge in [-0.1, -0.05) is 12.8 Å². The summed E-state index contributed by atoms with van der Waals surface area (Å²) in [5.74, 6) is 0. The highest BCUT2D eigenvalue weighted by Crippen LogP contribution is 2.28. The van der Waals surface area contributed by atoms with Crippen molar-refractivity contribution in [1.29, 1.82) is 0 Å². The maximum Gasteiger partial charge on any atom is 0.0731 e. The van der Waals surface area contributed by atoms with Gasteiger partial charge >= 0.3 is 0 Å². The second-order valence-electron chi connectivity index (χ2n) is 4.41. The van der Waals surface area contributed by atoms with Gasteiger partial charge in [-0.15, -0.1) is 0 Å². The van der Waals surface area contributed by atoms with Crippen LogP contribution >= 0.6 is 0 Å². The Morgan fingerprint density at radius 2 is 1.77 bits per heavy atom. The number of hydrogen-bond donors (Lipinski definition) is 1. The summed E-state index contributed by atoms with van der Waals surface area (Å²) < 4.78 is 6.07. The van der Waals surface area contributed by atoms with E-state index in [-0.39, 0.29) is 0 Å². The van der Waals surface area contributed by atoms with Crippen LogP contribution in [0.2, 0.25) is 0 Å². The van der Waals surface area contributed by atoms with E-state index in [0.717, 1.165) is 0 Å². The fourth-order valence-electron chi connectivity index (χ4n) is 2.34. The molecule has 2 nitrogen and oxygen atoms in total. The molecule has 0 aromatic rings. The zero-order chi connectivity index (χ0) is 9.10. The van der Waals surface area contributed by atoms with E-state index in [1.54, 1.807) is 0 Å². The third kappa shape index (κ3) is 2.23. The van der Waals surface area contributed by atoms with Gasteiger partial charge < -0.3 is 10.1 Å². The lowest BCUT2D eigenvalue weighted by atomic mass is 9.90. The first-order valence-corrected chi connectivity index (χ1v) is 5.73. The van der Waals surface area contributed by atoms with Crippen LogP contribution in [0.25, 0.3) is 0 Å². The predicted octanol–water partition coefficient (Wildman–Crippen LogP) is 2.09. The van der Waals surface area contributed by atoms with Crippen LogP contribution in [-0.2, 0) is 4.74 Å². The minimum Gasteiger partial charge on any atom is -0.373 e. The molecule has 1 N–H and O–H groups in total. The van der Waals surface area contributed by atoms with Gasteiger partial charge in [0.1, 0.15) is 0 Å². The lowest BCUT2D eigenvalue weighted by Gasteiger charge is -2.37. The van der Waals surface area contributed by atoms with Crippen LogP contribution in [0.3, 0.4) is 0 Å². The first-order valence-electron chi connectivity index (χ1n) is 5.73. The smallest absolute Gasteiger partial charge is 0.0731 e. The Bertz CT molecular complexity index is 156. The van der Waals surface area contributed by atoms with E-state index in [4.69, 9.17) is 4.74 Å². The van der Waals surface area contributed by atoms with Crippen molar-refractivity contribution in [3.8, 4) is 0 Å². The monoisotopic (exact) mass is 183 g/mol. The van der Waals surface area contributed by atoms with Crippen LogP contribution < -0.4 is 5.32 Å². The Hall–Kier alpha value is -0.0800.